The van der Waals surface area contributed by atoms with E-state index in [1.54, 1.807) is 0 Å². The number of hydrogen-bond acceptors (Lipinski definition) is 1. The highest BCUT2D eigenvalue weighted by Crippen LogP contribution is 2.43. The summed E-state index contributed by atoms with van der Waals surface area (Å²) in [6, 6.07) is 8.05. The van der Waals surface area contributed by atoms with Gasteiger partial charge in [0.25, 0.3) is 0 Å². The molecule has 0 aromatic heterocycles. The zero-order chi connectivity index (χ0) is 14.8. The molecule has 0 fully saturated rings. The van der Waals surface area contributed by atoms with E-state index >= 15 is 0 Å². The van der Waals surface area contributed by atoms with Crippen molar-refractivity contribution in [2.45, 2.75) is 46.5 Å². The summed E-state index contributed by atoms with van der Waals surface area (Å²) in [6.07, 6.45) is 5.75. The van der Waals surface area contributed by atoms with Gasteiger partial charge in [0.15, 0.2) is 5.78 Å². The third-order valence-electron chi connectivity index (χ3n) is 4.16. The van der Waals surface area contributed by atoms with Crippen LogP contribution in [-0.2, 0) is 6.42 Å². The SMILES string of the molecule is C=C(C)CC1(CC=C(C)C)CCc2ccccc2C1=O. The standard InChI is InChI=1S/C19H24O/c1-14(2)9-11-19(13-15(3)4)12-10-16-7-5-6-8-17(16)18(19)20/h5-9H,3,10-13H2,1-2,4H3. The molecule has 0 amide bonds. The highest BCUT2D eigenvalue weighted by Gasteiger charge is 2.41. The van der Waals surface area contributed by atoms with Gasteiger partial charge in [-0.05, 0) is 52.0 Å². The van der Waals surface area contributed by atoms with Gasteiger partial charge in [-0.15, -0.1) is 6.58 Å². The quantitative estimate of drug-likeness (QED) is 0.692. The number of rotatable bonds is 4. The van der Waals surface area contributed by atoms with Crippen molar-refractivity contribution in [2.24, 2.45) is 5.41 Å². The molecule has 106 valence electrons. The van der Waals surface area contributed by atoms with Gasteiger partial charge in [-0.1, -0.05) is 41.5 Å². The van der Waals surface area contributed by atoms with Crippen LogP contribution in [0, 0.1) is 5.41 Å². The van der Waals surface area contributed by atoms with E-state index in [0.717, 1.165) is 36.8 Å². The summed E-state index contributed by atoms with van der Waals surface area (Å²) in [5, 5.41) is 0. The van der Waals surface area contributed by atoms with Gasteiger partial charge in [0.2, 0.25) is 0 Å². The molecule has 1 aromatic carbocycles. The van der Waals surface area contributed by atoms with Crippen LogP contribution in [0.15, 0.2) is 48.1 Å². The van der Waals surface area contributed by atoms with Crippen molar-refractivity contribution in [1.29, 1.82) is 0 Å². The summed E-state index contributed by atoms with van der Waals surface area (Å²) < 4.78 is 0. The van der Waals surface area contributed by atoms with E-state index in [1.807, 2.05) is 25.1 Å². The van der Waals surface area contributed by atoms with E-state index in [9.17, 15) is 4.79 Å². The Morgan fingerprint density at radius 2 is 2.00 bits per heavy atom. The van der Waals surface area contributed by atoms with E-state index in [2.05, 4.69) is 32.6 Å². The van der Waals surface area contributed by atoms with Gasteiger partial charge in [0, 0.05) is 11.0 Å². The lowest BCUT2D eigenvalue weighted by molar-refractivity contribution is 0.0758. The average Bonchev–Trinajstić information content (AvgIpc) is 2.40. The molecule has 1 atom stereocenters. The van der Waals surface area contributed by atoms with Gasteiger partial charge >= 0.3 is 0 Å². The van der Waals surface area contributed by atoms with E-state index in [4.69, 9.17) is 0 Å². The number of benzene rings is 1. The van der Waals surface area contributed by atoms with Crippen molar-refractivity contribution in [3.8, 4) is 0 Å². The smallest absolute Gasteiger partial charge is 0.169 e. The fraction of sp³-hybridized carbons (Fsp3) is 0.421. The van der Waals surface area contributed by atoms with Gasteiger partial charge in [0.05, 0.1) is 0 Å². The number of aryl methyl sites for hydroxylation is 1. The molecule has 0 bridgehead atoms. The summed E-state index contributed by atoms with van der Waals surface area (Å²) in [5.41, 5.74) is 4.21. The zero-order valence-electron chi connectivity index (χ0n) is 12.8. The number of carbonyl (C=O) groups excluding carboxylic acids is 1. The molecule has 0 saturated carbocycles. The fourth-order valence-corrected chi connectivity index (χ4v) is 3.15. The predicted octanol–water partition coefficient (Wildman–Crippen LogP) is 5.12. The van der Waals surface area contributed by atoms with Gasteiger partial charge in [-0.2, -0.15) is 0 Å². The Hall–Kier alpha value is -1.63. The molecule has 0 spiro atoms. The Kier molecular flexibility index (Phi) is 4.27. The Morgan fingerprint density at radius 3 is 2.65 bits per heavy atom. The van der Waals surface area contributed by atoms with Crippen molar-refractivity contribution >= 4 is 5.78 Å². The maximum absolute atomic E-state index is 13.0. The molecular formula is C19H24O. The average molecular weight is 268 g/mol. The predicted molar refractivity (Wildman–Crippen MR) is 85.0 cm³/mol. The first-order valence-corrected chi connectivity index (χ1v) is 7.35. The molecule has 0 heterocycles. The molecule has 1 unspecified atom stereocenters. The van der Waals surface area contributed by atoms with Crippen LogP contribution in [0.3, 0.4) is 0 Å². The van der Waals surface area contributed by atoms with Crippen LogP contribution in [0.5, 0.6) is 0 Å². The minimum absolute atomic E-state index is 0.280. The molecule has 1 heteroatoms. The number of ketones is 1. The second kappa shape index (κ2) is 5.78. The van der Waals surface area contributed by atoms with Crippen LogP contribution in [0.2, 0.25) is 0 Å². The Bertz CT molecular complexity index is 561. The topological polar surface area (TPSA) is 17.1 Å². The molecular weight excluding hydrogens is 244 g/mol. The summed E-state index contributed by atoms with van der Waals surface area (Å²) in [7, 11) is 0. The molecule has 0 saturated heterocycles. The number of hydrogen-bond donors (Lipinski definition) is 0. The Labute approximate surface area is 122 Å². The number of allylic oxidation sites excluding steroid dienone is 3. The molecule has 1 aliphatic rings. The minimum atomic E-state index is -0.280. The highest BCUT2D eigenvalue weighted by atomic mass is 16.1. The van der Waals surface area contributed by atoms with Crippen LogP contribution < -0.4 is 0 Å². The third-order valence-corrected chi connectivity index (χ3v) is 4.16. The van der Waals surface area contributed by atoms with E-state index in [-0.39, 0.29) is 5.41 Å². The highest BCUT2D eigenvalue weighted by molar-refractivity contribution is 6.03. The maximum Gasteiger partial charge on any atom is 0.169 e. The second-order valence-corrected chi connectivity index (χ2v) is 6.39. The van der Waals surface area contributed by atoms with Crippen molar-refractivity contribution in [3.63, 3.8) is 0 Å². The van der Waals surface area contributed by atoms with Gasteiger partial charge in [-0.25, -0.2) is 0 Å². The monoisotopic (exact) mass is 268 g/mol. The van der Waals surface area contributed by atoms with E-state index in [1.165, 1.54) is 11.1 Å². The summed E-state index contributed by atoms with van der Waals surface area (Å²) >= 11 is 0. The van der Waals surface area contributed by atoms with Crippen LogP contribution in [0.4, 0.5) is 0 Å². The molecule has 1 aliphatic carbocycles. The minimum Gasteiger partial charge on any atom is -0.294 e. The van der Waals surface area contributed by atoms with Crippen LogP contribution in [-0.4, -0.2) is 5.78 Å². The van der Waals surface area contributed by atoms with Crippen LogP contribution in [0.1, 0.15) is 56.0 Å². The molecule has 0 aliphatic heterocycles. The van der Waals surface area contributed by atoms with Crippen LogP contribution >= 0.6 is 0 Å². The largest absolute Gasteiger partial charge is 0.294 e. The van der Waals surface area contributed by atoms with E-state index in [0.29, 0.717) is 5.78 Å². The molecule has 1 aromatic rings. The molecule has 1 nitrogen and oxygen atoms in total. The summed E-state index contributed by atoms with van der Waals surface area (Å²) in [6.45, 7) is 10.3. The lowest BCUT2D eigenvalue weighted by Gasteiger charge is -2.36. The zero-order valence-corrected chi connectivity index (χ0v) is 12.8. The van der Waals surface area contributed by atoms with Crippen molar-refractivity contribution in [1.82, 2.24) is 0 Å². The normalized spacial score (nSPS) is 21.2. The summed E-state index contributed by atoms with van der Waals surface area (Å²) in [5.74, 6) is 0.305. The molecule has 20 heavy (non-hydrogen) atoms. The van der Waals surface area contributed by atoms with Crippen molar-refractivity contribution in [2.75, 3.05) is 0 Å². The second-order valence-electron chi connectivity index (χ2n) is 6.39. The number of carbonyl (C=O) groups is 1. The fourth-order valence-electron chi connectivity index (χ4n) is 3.15. The number of Topliss-reactive ketones (excluding diaryl/α,β-unsaturated/α-hetero) is 1. The molecule has 0 N–H and O–H groups in total. The summed E-state index contributed by atoms with van der Waals surface area (Å²) in [4.78, 5) is 13.0. The Balaban J connectivity index is 2.41. The van der Waals surface area contributed by atoms with Crippen molar-refractivity contribution < 1.29 is 4.79 Å². The first-order valence-electron chi connectivity index (χ1n) is 7.35. The number of fused-ring (bicyclic) bond motifs is 1. The van der Waals surface area contributed by atoms with E-state index < -0.39 is 0 Å². The van der Waals surface area contributed by atoms with Gasteiger partial charge < -0.3 is 0 Å². The first kappa shape index (κ1) is 14.8. The Morgan fingerprint density at radius 1 is 1.30 bits per heavy atom. The van der Waals surface area contributed by atoms with Crippen LogP contribution in [0.25, 0.3) is 0 Å². The lowest BCUT2D eigenvalue weighted by Crippen LogP contribution is -2.36. The third kappa shape index (κ3) is 2.92. The lowest BCUT2D eigenvalue weighted by atomic mass is 9.65. The molecule has 0 radical (unpaired) electrons. The van der Waals surface area contributed by atoms with Gasteiger partial charge in [-0.3, -0.25) is 4.79 Å². The first-order chi connectivity index (χ1) is 9.44. The van der Waals surface area contributed by atoms with Crippen molar-refractivity contribution in [3.05, 3.63) is 59.2 Å². The molecule has 2 rings (SSSR count). The maximum atomic E-state index is 13.0. The van der Waals surface area contributed by atoms with Gasteiger partial charge in [0.1, 0.15) is 0 Å².